The number of unbranched alkanes of at least 4 members (excludes halogenated alkanes) is 1. The molecule has 1 rings (SSSR count). The Morgan fingerprint density at radius 1 is 1.25 bits per heavy atom. The lowest BCUT2D eigenvalue weighted by molar-refractivity contribution is -0.145. The molecule has 5 heteroatoms. The molecule has 1 aliphatic heterocycles. The number of carbonyl (C=O) groups excluding carboxylic acids is 1. The van der Waals surface area contributed by atoms with Gasteiger partial charge >= 0.3 is 5.97 Å². The standard InChI is InChI=1S/C15H26O5/c1-2-3-5-11(16)8-12(17)9-13(18)10-14-6-4-7-15(19)20-14/h4,7,11-14,16-18H,2-3,5-6,8-10H2,1H3/t11-,12-,13-,14+/m0/s1. The van der Waals surface area contributed by atoms with E-state index in [-0.39, 0.29) is 24.9 Å². The number of hydrogen-bond donors (Lipinski definition) is 3. The highest BCUT2D eigenvalue weighted by Crippen LogP contribution is 2.17. The molecule has 0 aromatic heterocycles. The molecule has 0 radical (unpaired) electrons. The summed E-state index contributed by atoms with van der Waals surface area (Å²) in [6.07, 6.45) is 4.81. The van der Waals surface area contributed by atoms with Gasteiger partial charge in [0.25, 0.3) is 0 Å². The summed E-state index contributed by atoms with van der Waals surface area (Å²) < 4.78 is 5.06. The number of hydrogen-bond acceptors (Lipinski definition) is 5. The highest BCUT2D eigenvalue weighted by atomic mass is 16.5. The van der Waals surface area contributed by atoms with Crippen LogP contribution in [0.3, 0.4) is 0 Å². The van der Waals surface area contributed by atoms with Crippen molar-refractivity contribution in [2.45, 2.75) is 76.3 Å². The van der Waals surface area contributed by atoms with Gasteiger partial charge in [-0.15, -0.1) is 0 Å². The predicted octanol–water partition coefficient (Wildman–Crippen LogP) is 1.30. The van der Waals surface area contributed by atoms with Gasteiger partial charge in [0.05, 0.1) is 18.3 Å². The van der Waals surface area contributed by atoms with E-state index in [9.17, 15) is 20.1 Å². The Bertz CT molecular complexity index is 315. The molecule has 4 atom stereocenters. The van der Waals surface area contributed by atoms with Crippen LogP contribution in [0, 0.1) is 0 Å². The minimum absolute atomic E-state index is 0.195. The number of ether oxygens (including phenoxy) is 1. The van der Waals surface area contributed by atoms with Crippen LogP contribution in [0.15, 0.2) is 12.2 Å². The van der Waals surface area contributed by atoms with E-state index in [2.05, 4.69) is 0 Å². The molecule has 0 saturated carbocycles. The third kappa shape index (κ3) is 7.03. The molecule has 0 unspecified atom stereocenters. The summed E-state index contributed by atoms with van der Waals surface area (Å²) in [6, 6.07) is 0. The zero-order valence-corrected chi connectivity index (χ0v) is 12.1. The zero-order valence-electron chi connectivity index (χ0n) is 12.1. The molecular weight excluding hydrogens is 260 g/mol. The Morgan fingerprint density at radius 3 is 2.60 bits per heavy atom. The maximum absolute atomic E-state index is 11.0. The Hall–Kier alpha value is -0.910. The van der Waals surface area contributed by atoms with Gasteiger partial charge in [0.2, 0.25) is 0 Å². The lowest BCUT2D eigenvalue weighted by Gasteiger charge is -2.23. The van der Waals surface area contributed by atoms with Crippen LogP contribution in [0.25, 0.3) is 0 Å². The molecule has 1 aliphatic rings. The molecule has 1 heterocycles. The van der Waals surface area contributed by atoms with Gasteiger partial charge in [0.1, 0.15) is 6.10 Å². The van der Waals surface area contributed by atoms with Crippen LogP contribution >= 0.6 is 0 Å². The van der Waals surface area contributed by atoms with Gasteiger partial charge in [-0.25, -0.2) is 4.79 Å². The van der Waals surface area contributed by atoms with Gasteiger partial charge in [-0.1, -0.05) is 25.8 Å². The van der Waals surface area contributed by atoms with Gasteiger partial charge in [-0.05, 0) is 19.3 Å². The van der Waals surface area contributed by atoms with Gasteiger partial charge in [0, 0.05) is 18.9 Å². The normalized spacial score (nSPS) is 23.2. The highest BCUT2D eigenvalue weighted by Gasteiger charge is 2.22. The van der Waals surface area contributed by atoms with E-state index in [0.717, 1.165) is 12.8 Å². The van der Waals surface area contributed by atoms with Crippen molar-refractivity contribution in [3.8, 4) is 0 Å². The molecule has 0 spiro atoms. The van der Waals surface area contributed by atoms with Crippen molar-refractivity contribution < 1.29 is 24.9 Å². The lowest BCUT2D eigenvalue weighted by Crippen LogP contribution is -2.28. The molecule has 0 aromatic rings. The van der Waals surface area contributed by atoms with Gasteiger partial charge in [0.15, 0.2) is 0 Å². The van der Waals surface area contributed by atoms with Crippen LogP contribution in [-0.4, -0.2) is 45.7 Å². The van der Waals surface area contributed by atoms with Crippen LogP contribution < -0.4 is 0 Å². The van der Waals surface area contributed by atoms with Gasteiger partial charge in [-0.2, -0.15) is 0 Å². The molecule has 0 amide bonds. The Morgan fingerprint density at radius 2 is 1.95 bits per heavy atom. The summed E-state index contributed by atoms with van der Waals surface area (Å²) in [5, 5.41) is 29.4. The molecule has 0 bridgehead atoms. The van der Waals surface area contributed by atoms with Gasteiger partial charge < -0.3 is 20.1 Å². The molecule has 5 nitrogen and oxygen atoms in total. The average Bonchev–Trinajstić information content (AvgIpc) is 2.35. The fourth-order valence-corrected chi connectivity index (χ4v) is 2.39. The van der Waals surface area contributed by atoms with Gasteiger partial charge in [-0.3, -0.25) is 0 Å². The Labute approximate surface area is 120 Å². The van der Waals surface area contributed by atoms with Crippen molar-refractivity contribution in [2.75, 3.05) is 0 Å². The maximum Gasteiger partial charge on any atom is 0.330 e. The number of esters is 1. The van der Waals surface area contributed by atoms with Crippen molar-refractivity contribution in [3.05, 3.63) is 12.2 Å². The second-order valence-electron chi connectivity index (χ2n) is 5.51. The second-order valence-corrected chi connectivity index (χ2v) is 5.51. The summed E-state index contributed by atoms with van der Waals surface area (Å²) in [6.45, 7) is 2.05. The quantitative estimate of drug-likeness (QED) is 0.556. The first-order valence-electron chi connectivity index (χ1n) is 7.42. The molecule has 116 valence electrons. The predicted molar refractivity (Wildman–Crippen MR) is 75.0 cm³/mol. The molecular formula is C15H26O5. The first-order valence-corrected chi connectivity index (χ1v) is 7.42. The van der Waals surface area contributed by atoms with Crippen LogP contribution in [0.2, 0.25) is 0 Å². The number of aliphatic hydroxyl groups is 3. The van der Waals surface area contributed by atoms with Crippen molar-refractivity contribution >= 4 is 5.97 Å². The van der Waals surface area contributed by atoms with E-state index < -0.39 is 18.3 Å². The largest absolute Gasteiger partial charge is 0.459 e. The third-order valence-electron chi connectivity index (χ3n) is 3.45. The van der Waals surface area contributed by atoms with Crippen LogP contribution in [0.1, 0.15) is 51.9 Å². The first kappa shape index (κ1) is 17.1. The van der Waals surface area contributed by atoms with Crippen LogP contribution in [0.4, 0.5) is 0 Å². The van der Waals surface area contributed by atoms with Crippen LogP contribution in [0.5, 0.6) is 0 Å². The molecule has 0 saturated heterocycles. The lowest BCUT2D eigenvalue weighted by atomic mass is 9.98. The molecule has 20 heavy (non-hydrogen) atoms. The van der Waals surface area contributed by atoms with Crippen molar-refractivity contribution in [2.24, 2.45) is 0 Å². The number of rotatable bonds is 9. The average molecular weight is 286 g/mol. The maximum atomic E-state index is 11.0. The van der Waals surface area contributed by atoms with Crippen molar-refractivity contribution in [3.63, 3.8) is 0 Å². The molecule has 0 aliphatic carbocycles. The highest BCUT2D eigenvalue weighted by molar-refractivity contribution is 5.82. The van der Waals surface area contributed by atoms with Crippen LogP contribution in [-0.2, 0) is 9.53 Å². The Kier molecular flexibility index (Phi) is 7.80. The summed E-state index contributed by atoms with van der Waals surface area (Å²) >= 11 is 0. The molecule has 3 N–H and O–H groups in total. The number of cyclic esters (lactones) is 1. The Balaban J connectivity index is 2.22. The SMILES string of the molecule is CCCC[C@H](O)C[C@H](O)C[C@H](O)C[C@H]1CC=CC(=O)O1. The van der Waals surface area contributed by atoms with Crippen molar-refractivity contribution in [1.82, 2.24) is 0 Å². The summed E-state index contributed by atoms with van der Waals surface area (Å²) in [5.74, 6) is -0.385. The summed E-state index contributed by atoms with van der Waals surface area (Å²) in [7, 11) is 0. The van der Waals surface area contributed by atoms with E-state index in [4.69, 9.17) is 4.74 Å². The fourth-order valence-electron chi connectivity index (χ4n) is 2.39. The first-order chi connectivity index (χ1) is 9.51. The van der Waals surface area contributed by atoms with E-state index in [1.165, 1.54) is 6.08 Å². The minimum Gasteiger partial charge on any atom is -0.459 e. The number of carbonyl (C=O) groups is 1. The zero-order chi connectivity index (χ0) is 15.0. The minimum atomic E-state index is -0.730. The van der Waals surface area contributed by atoms with E-state index >= 15 is 0 Å². The topological polar surface area (TPSA) is 87.0 Å². The van der Waals surface area contributed by atoms with E-state index in [0.29, 0.717) is 19.3 Å². The smallest absolute Gasteiger partial charge is 0.330 e. The summed E-state index contributed by atoms with van der Waals surface area (Å²) in [4.78, 5) is 11.0. The second kappa shape index (κ2) is 9.10. The van der Waals surface area contributed by atoms with Crippen molar-refractivity contribution in [1.29, 1.82) is 0 Å². The van der Waals surface area contributed by atoms with E-state index in [1.807, 2.05) is 6.92 Å². The van der Waals surface area contributed by atoms with E-state index in [1.54, 1.807) is 6.08 Å². The molecule has 0 aromatic carbocycles. The molecule has 0 fully saturated rings. The summed E-state index contributed by atoms with van der Waals surface area (Å²) in [5.41, 5.74) is 0. The third-order valence-corrected chi connectivity index (χ3v) is 3.45. The monoisotopic (exact) mass is 286 g/mol. The fraction of sp³-hybridized carbons (Fsp3) is 0.800. The number of aliphatic hydroxyl groups excluding tert-OH is 3.